The molecule has 3 rings (SSSR count). The van der Waals surface area contributed by atoms with E-state index in [4.69, 9.17) is 9.90 Å². The maximum Gasteiger partial charge on any atom is 0.490 e. The summed E-state index contributed by atoms with van der Waals surface area (Å²) in [7, 11) is -3.16. The fraction of sp³-hybridized carbons (Fsp3) is 0.875. The Hall–Kier alpha value is -1.40. The number of amides is 1. The van der Waals surface area contributed by atoms with Crippen molar-refractivity contribution >= 4 is 21.9 Å². The lowest BCUT2D eigenvalue weighted by Gasteiger charge is -2.39. The van der Waals surface area contributed by atoms with Gasteiger partial charge in [-0.15, -0.1) is 0 Å². The van der Waals surface area contributed by atoms with Crippen molar-refractivity contribution in [2.75, 3.05) is 39.0 Å². The van der Waals surface area contributed by atoms with Crippen LogP contribution in [0.4, 0.5) is 13.2 Å². The van der Waals surface area contributed by atoms with Gasteiger partial charge < -0.3 is 14.9 Å². The molecule has 0 aromatic heterocycles. The molecule has 0 saturated carbocycles. The average Bonchev–Trinajstić information content (AvgIpc) is 3.22. The largest absolute Gasteiger partial charge is 0.490 e. The number of nitrogens with zero attached hydrogens (tertiary/aromatic N) is 3. The highest BCUT2D eigenvalue weighted by Gasteiger charge is 2.46. The highest BCUT2D eigenvalue weighted by atomic mass is 32.2. The predicted octanol–water partition coefficient (Wildman–Crippen LogP) is 0.740. The van der Waals surface area contributed by atoms with E-state index in [1.165, 1.54) is 19.1 Å². The quantitative estimate of drug-likeness (QED) is 0.708. The van der Waals surface area contributed by atoms with Crippen molar-refractivity contribution in [3.8, 4) is 0 Å². The number of likely N-dealkylation sites (tertiary alicyclic amines) is 2. The molecule has 0 radical (unpaired) electrons. The SMILES string of the molecule is CS(=O)(=O)N1CC[C@H]2[C@@H]1CCC(=O)N2CCN1CCCC1.O=C(O)C(F)(F)F. The van der Waals surface area contributed by atoms with Gasteiger partial charge in [0.1, 0.15) is 0 Å². The molecule has 0 aromatic rings. The van der Waals surface area contributed by atoms with E-state index in [-0.39, 0.29) is 18.0 Å². The van der Waals surface area contributed by atoms with Gasteiger partial charge in [-0.05, 0) is 38.8 Å². The van der Waals surface area contributed by atoms with Crippen LogP contribution in [0, 0.1) is 0 Å². The van der Waals surface area contributed by atoms with E-state index in [2.05, 4.69) is 4.90 Å². The summed E-state index contributed by atoms with van der Waals surface area (Å²) < 4.78 is 57.1. The number of sulfonamides is 1. The molecule has 3 aliphatic heterocycles. The van der Waals surface area contributed by atoms with Crippen molar-refractivity contribution in [1.29, 1.82) is 0 Å². The normalized spacial score (nSPS) is 26.7. The molecule has 1 amide bonds. The Morgan fingerprint density at radius 3 is 2.18 bits per heavy atom. The summed E-state index contributed by atoms with van der Waals surface area (Å²) in [6.07, 6.45) is 0.636. The van der Waals surface area contributed by atoms with E-state index in [0.29, 0.717) is 19.4 Å². The highest BCUT2D eigenvalue weighted by Crippen LogP contribution is 2.32. The second kappa shape index (κ2) is 8.95. The lowest BCUT2D eigenvalue weighted by atomic mass is 9.97. The van der Waals surface area contributed by atoms with Crippen molar-refractivity contribution in [2.45, 2.75) is 50.4 Å². The number of hydrogen-bond donors (Lipinski definition) is 1. The molecule has 1 N–H and O–H groups in total. The number of rotatable bonds is 4. The maximum absolute atomic E-state index is 12.2. The summed E-state index contributed by atoms with van der Waals surface area (Å²) >= 11 is 0. The molecule has 0 aliphatic carbocycles. The van der Waals surface area contributed by atoms with E-state index in [0.717, 1.165) is 32.6 Å². The Morgan fingerprint density at radius 1 is 1.11 bits per heavy atom. The van der Waals surface area contributed by atoms with E-state index < -0.39 is 22.2 Å². The van der Waals surface area contributed by atoms with Gasteiger partial charge in [0.15, 0.2) is 0 Å². The first-order valence-corrected chi connectivity index (χ1v) is 11.0. The summed E-state index contributed by atoms with van der Waals surface area (Å²) in [6, 6.07) is 0.0832. The zero-order chi connectivity index (χ0) is 21.1. The minimum absolute atomic E-state index is 0.00345. The number of carboxylic acids is 1. The monoisotopic (exact) mass is 429 g/mol. The third-order valence-electron chi connectivity index (χ3n) is 5.36. The minimum atomic E-state index is -5.08. The zero-order valence-corrected chi connectivity index (χ0v) is 16.5. The first kappa shape index (κ1) is 22.9. The molecule has 3 saturated heterocycles. The number of piperidine rings is 1. The third kappa shape index (κ3) is 5.80. The summed E-state index contributed by atoms with van der Waals surface area (Å²) in [6.45, 7) is 4.49. The van der Waals surface area contributed by atoms with Gasteiger partial charge in [0.25, 0.3) is 0 Å². The van der Waals surface area contributed by atoms with Gasteiger partial charge >= 0.3 is 12.1 Å². The van der Waals surface area contributed by atoms with Gasteiger partial charge in [0, 0.05) is 38.1 Å². The predicted molar refractivity (Wildman–Crippen MR) is 94.1 cm³/mol. The molecule has 0 bridgehead atoms. The molecule has 2 atom stereocenters. The Morgan fingerprint density at radius 2 is 1.68 bits per heavy atom. The van der Waals surface area contributed by atoms with Crippen LogP contribution in [0.15, 0.2) is 0 Å². The molecule has 8 nitrogen and oxygen atoms in total. The summed E-state index contributed by atoms with van der Waals surface area (Å²) in [5.41, 5.74) is 0. The van der Waals surface area contributed by atoms with Crippen LogP contribution in [-0.4, -0.2) is 96.7 Å². The van der Waals surface area contributed by atoms with Crippen molar-refractivity contribution in [2.24, 2.45) is 0 Å². The van der Waals surface area contributed by atoms with E-state index in [9.17, 15) is 26.4 Å². The number of halogens is 3. The number of carbonyl (C=O) groups excluding carboxylic acids is 1. The van der Waals surface area contributed by atoms with E-state index in [1.54, 1.807) is 4.31 Å². The van der Waals surface area contributed by atoms with Crippen LogP contribution in [0.2, 0.25) is 0 Å². The van der Waals surface area contributed by atoms with Gasteiger partial charge in [-0.3, -0.25) is 4.79 Å². The molecule has 28 heavy (non-hydrogen) atoms. The molecule has 162 valence electrons. The Kier molecular flexibility index (Phi) is 7.32. The van der Waals surface area contributed by atoms with Crippen LogP contribution in [0.1, 0.15) is 32.1 Å². The molecule has 3 aliphatic rings. The average molecular weight is 429 g/mol. The minimum Gasteiger partial charge on any atom is -0.475 e. The number of aliphatic carboxylic acids is 1. The summed E-state index contributed by atoms with van der Waals surface area (Å²) in [5.74, 6) is -2.56. The fourth-order valence-corrected chi connectivity index (χ4v) is 5.24. The third-order valence-corrected chi connectivity index (χ3v) is 6.66. The van der Waals surface area contributed by atoms with Gasteiger partial charge in [-0.1, -0.05) is 0 Å². The van der Waals surface area contributed by atoms with Crippen molar-refractivity contribution in [3.63, 3.8) is 0 Å². The number of hydrogen-bond acceptors (Lipinski definition) is 5. The molecular formula is C16H26F3N3O5S. The summed E-state index contributed by atoms with van der Waals surface area (Å²) in [5, 5.41) is 7.12. The smallest absolute Gasteiger partial charge is 0.475 e. The molecule has 0 aromatic carbocycles. The number of fused-ring (bicyclic) bond motifs is 1. The molecule has 0 spiro atoms. The maximum atomic E-state index is 12.2. The zero-order valence-electron chi connectivity index (χ0n) is 15.7. The Balaban J connectivity index is 0.000000345. The molecule has 12 heteroatoms. The van der Waals surface area contributed by atoms with Gasteiger partial charge in [0.2, 0.25) is 15.9 Å². The second-order valence-corrected chi connectivity index (χ2v) is 9.21. The molecular weight excluding hydrogens is 403 g/mol. The van der Waals surface area contributed by atoms with Gasteiger partial charge in [-0.25, -0.2) is 13.2 Å². The van der Waals surface area contributed by atoms with Crippen LogP contribution >= 0.6 is 0 Å². The van der Waals surface area contributed by atoms with E-state index in [1.807, 2.05) is 4.90 Å². The van der Waals surface area contributed by atoms with Crippen molar-refractivity contribution < 1.29 is 36.3 Å². The molecule has 3 heterocycles. The van der Waals surface area contributed by atoms with Gasteiger partial charge in [-0.2, -0.15) is 17.5 Å². The lowest BCUT2D eigenvalue weighted by molar-refractivity contribution is -0.192. The van der Waals surface area contributed by atoms with Crippen LogP contribution in [-0.2, 0) is 19.6 Å². The van der Waals surface area contributed by atoms with E-state index >= 15 is 0 Å². The summed E-state index contributed by atoms with van der Waals surface area (Å²) in [4.78, 5) is 25.5. The second-order valence-electron chi connectivity index (χ2n) is 7.27. The van der Waals surface area contributed by atoms with Crippen molar-refractivity contribution in [1.82, 2.24) is 14.1 Å². The van der Waals surface area contributed by atoms with Crippen LogP contribution in [0.3, 0.4) is 0 Å². The lowest BCUT2D eigenvalue weighted by Crippen LogP contribution is -2.54. The first-order valence-electron chi connectivity index (χ1n) is 9.20. The standard InChI is InChI=1S/C14H25N3O3S.C2HF3O2/c1-21(19,20)17-9-6-12-13(17)4-5-14(18)16(12)11-10-15-7-2-3-8-15;3-2(4,5)1(6)7/h12-13H,2-11H2,1H3;(H,6,7)/t12-,13-;/m0./s1. The number of carboxylic acid groups (broad SMARTS) is 1. The van der Waals surface area contributed by atoms with Crippen LogP contribution < -0.4 is 0 Å². The molecule has 0 unspecified atom stereocenters. The Labute approximate surface area is 162 Å². The van der Waals surface area contributed by atoms with Gasteiger partial charge in [0.05, 0.1) is 6.26 Å². The first-order chi connectivity index (χ1) is 12.9. The number of carbonyl (C=O) groups is 2. The van der Waals surface area contributed by atoms with Crippen LogP contribution in [0.25, 0.3) is 0 Å². The number of alkyl halides is 3. The Bertz CT molecular complexity index is 680. The highest BCUT2D eigenvalue weighted by molar-refractivity contribution is 7.88. The fourth-order valence-electron chi connectivity index (χ4n) is 4.07. The molecule has 3 fully saturated rings. The van der Waals surface area contributed by atoms with Crippen LogP contribution in [0.5, 0.6) is 0 Å². The topological polar surface area (TPSA) is 98.2 Å². The van der Waals surface area contributed by atoms with Crippen molar-refractivity contribution in [3.05, 3.63) is 0 Å².